The van der Waals surface area contributed by atoms with Crippen LogP contribution >= 0.6 is 11.6 Å². The SMILES string of the molecule is Nc1cc(Cl)ccc1NS(=O)(=O)CCCC(F)(F)F. The van der Waals surface area contributed by atoms with Gasteiger partial charge in [-0.3, -0.25) is 4.72 Å². The van der Waals surface area contributed by atoms with Gasteiger partial charge in [0.15, 0.2) is 0 Å². The monoisotopic (exact) mass is 316 g/mol. The van der Waals surface area contributed by atoms with E-state index < -0.39 is 34.8 Å². The molecule has 0 amide bonds. The number of hydrogen-bond donors (Lipinski definition) is 2. The van der Waals surface area contributed by atoms with Gasteiger partial charge in [-0.2, -0.15) is 13.2 Å². The Bertz CT molecular complexity index is 546. The number of nitrogen functional groups attached to an aromatic ring is 1. The highest BCUT2D eigenvalue weighted by Crippen LogP contribution is 2.25. The summed E-state index contributed by atoms with van der Waals surface area (Å²) in [5.41, 5.74) is 5.73. The molecule has 1 aromatic carbocycles. The zero-order valence-electron chi connectivity index (χ0n) is 9.67. The summed E-state index contributed by atoms with van der Waals surface area (Å²) >= 11 is 5.64. The highest BCUT2D eigenvalue weighted by Gasteiger charge is 2.27. The molecule has 1 aromatic rings. The van der Waals surface area contributed by atoms with E-state index in [1.54, 1.807) is 0 Å². The van der Waals surface area contributed by atoms with Gasteiger partial charge in [-0.25, -0.2) is 8.42 Å². The second-order valence-corrected chi connectivity index (χ2v) is 6.15. The number of nitrogens with one attached hydrogen (secondary N) is 1. The summed E-state index contributed by atoms with van der Waals surface area (Å²) in [5.74, 6) is -0.630. The first-order chi connectivity index (χ1) is 8.59. The van der Waals surface area contributed by atoms with Crippen molar-refractivity contribution in [2.75, 3.05) is 16.2 Å². The highest BCUT2D eigenvalue weighted by atomic mass is 35.5. The summed E-state index contributed by atoms with van der Waals surface area (Å²) in [6.07, 6.45) is -6.02. The maximum atomic E-state index is 11.9. The molecule has 0 aromatic heterocycles. The van der Waals surface area contributed by atoms with Crippen molar-refractivity contribution in [3.05, 3.63) is 23.2 Å². The van der Waals surface area contributed by atoms with E-state index in [9.17, 15) is 21.6 Å². The Labute approximate surface area is 113 Å². The molecule has 1 rings (SSSR count). The molecule has 0 aliphatic heterocycles. The summed E-state index contributed by atoms with van der Waals surface area (Å²) in [6.45, 7) is 0. The van der Waals surface area contributed by atoms with Gasteiger partial charge in [0, 0.05) is 11.4 Å². The van der Waals surface area contributed by atoms with Crippen molar-refractivity contribution >= 4 is 33.0 Å². The first-order valence-corrected chi connectivity index (χ1v) is 7.24. The van der Waals surface area contributed by atoms with Gasteiger partial charge in [0.05, 0.1) is 17.1 Å². The topological polar surface area (TPSA) is 72.2 Å². The quantitative estimate of drug-likeness (QED) is 0.820. The minimum atomic E-state index is -4.37. The molecule has 9 heteroatoms. The van der Waals surface area contributed by atoms with Gasteiger partial charge in [0.25, 0.3) is 0 Å². The Hall–Kier alpha value is -1.15. The van der Waals surface area contributed by atoms with Crippen LogP contribution in [0, 0.1) is 0 Å². The van der Waals surface area contributed by atoms with Crippen LogP contribution in [0.4, 0.5) is 24.5 Å². The Balaban J connectivity index is 2.64. The Morgan fingerprint density at radius 1 is 1.32 bits per heavy atom. The van der Waals surface area contributed by atoms with E-state index in [-0.39, 0.29) is 11.4 Å². The van der Waals surface area contributed by atoms with Gasteiger partial charge in [-0.05, 0) is 24.6 Å². The van der Waals surface area contributed by atoms with Gasteiger partial charge in [0.1, 0.15) is 0 Å². The average Bonchev–Trinajstić information content (AvgIpc) is 2.20. The summed E-state index contributed by atoms with van der Waals surface area (Å²) in [6, 6.07) is 4.11. The van der Waals surface area contributed by atoms with Crippen LogP contribution in [-0.2, 0) is 10.0 Å². The minimum Gasteiger partial charge on any atom is -0.397 e. The largest absolute Gasteiger partial charge is 0.397 e. The Morgan fingerprint density at radius 3 is 2.47 bits per heavy atom. The van der Waals surface area contributed by atoms with Crippen LogP contribution in [0.25, 0.3) is 0 Å². The van der Waals surface area contributed by atoms with Crippen LogP contribution < -0.4 is 10.5 Å². The number of alkyl halides is 3. The molecule has 0 radical (unpaired) electrons. The molecule has 0 aliphatic rings. The number of sulfonamides is 1. The van der Waals surface area contributed by atoms with E-state index in [2.05, 4.69) is 4.72 Å². The number of benzene rings is 1. The fraction of sp³-hybridized carbons (Fsp3) is 0.400. The molecule has 0 saturated carbocycles. The van der Waals surface area contributed by atoms with E-state index >= 15 is 0 Å². The van der Waals surface area contributed by atoms with E-state index in [0.717, 1.165) is 0 Å². The minimum absolute atomic E-state index is 0.0939. The second-order valence-electron chi connectivity index (χ2n) is 3.87. The fourth-order valence-corrected chi connectivity index (χ4v) is 2.64. The van der Waals surface area contributed by atoms with Gasteiger partial charge in [-0.1, -0.05) is 11.6 Å². The molecular formula is C10H12ClF3N2O2S. The standard InChI is InChI=1S/C10H12ClF3N2O2S/c11-7-2-3-9(8(15)6-7)16-19(17,18)5-1-4-10(12,13)14/h2-3,6,16H,1,4-5,15H2. The van der Waals surface area contributed by atoms with Crippen molar-refractivity contribution < 1.29 is 21.6 Å². The number of hydrogen-bond acceptors (Lipinski definition) is 3. The maximum absolute atomic E-state index is 11.9. The van der Waals surface area contributed by atoms with Crippen LogP contribution in [0.5, 0.6) is 0 Å². The molecule has 0 bridgehead atoms. The van der Waals surface area contributed by atoms with Gasteiger partial charge >= 0.3 is 6.18 Å². The molecule has 0 aliphatic carbocycles. The third-order valence-corrected chi connectivity index (χ3v) is 3.74. The van der Waals surface area contributed by atoms with E-state index in [1.165, 1.54) is 18.2 Å². The van der Waals surface area contributed by atoms with E-state index in [1.807, 2.05) is 0 Å². The summed E-state index contributed by atoms with van der Waals surface area (Å²) < 4.78 is 61.0. The third-order valence-electron chi connectivity index (χ3n) is 2.15. The lowest BCUT2D eigenvalue weighted by molar-refractivity contribution is -0.134. The number of rotatable bonds is 5. The molecule has 0 unspecified atom stereocenters. The lowest BCUT2D eigenvalue weighted by atomic mass is 10.3. The molecular weight excluding hydrogens is 305 g/mol. The molecule has 0 atom stereocenters. The molecule has 19 heavy (non-hydrogen) atoms. The van der Waals surface area contributed by atoms with Crippen LogP contribution in [0.15, 0.2) is 18.2 Å². The zero-order valence-corrected chi connectivity index (χ0v) is 11.2. The van der Waals surface area contributed by atoms with E-state index in [0.29, 0.717) is 5.02 Å². The Morgan fingerprint density at radius 2 is 1.95 bits per heavy atom. The van der Waals surface area contributed by atoms with Gasteiger partial charge in [-0.15, -0.1) is 0 Å². The summed E-state index contributed by atoms with van der Waals surface area (Å²) in [5, 5.41) is 0.331. The number of anilines is 2. The summed E-state index contributed by atoms with van der Waals surface area (Å²) in [4.78, 5) is 0. The molecule has 0 heterocycles. The first kappa shape index (κ1) is 15.9. The molecule has 0 saturated heterocycles. The lowest BCUT2D eigenvalue weighted by Crippen LogP contribution is -2.19. The van der Waals surface area contributed by atoms with Crippen LogP contribution in [0.3, 0.4) is 0 Å². The van der Waals surface area contributed by atoms with Crippen LogP contribution in [0.2, 0.25) is 5.02 Å². The van der Waals surface area contributed by atoms with Crippen molar-refractivity contribution in [1.29, 1.82) is 0 Å². The smallest absolute Gasteiger partial charge is 0.389 e. The predicted molar refractivity (Wildman–Crippen MR) is 68.6 cm³/mol. The highest BCUT2D eigenvalue weighted by molar-refractivity contribution is 7.92. The average molecular weight is 317 g/mol. The van der Waals surface area contributed by atoms with Gasteiger partial charge in [0.2, 0.25) is 10.0 Å². The maximum Gasteiger partial charge on any atom is 0.389 e. The van der Waals surface area contributed by atoms with Crippen molar-refractivity contribution in [3.8, 4) is 0 Å². The molecule has 108 valence electrons. The van der Waals surface area contributed by atoms with Crippen LogP contribution in [-0.4, -0.2) is 20.3 Å². The van der Waals surface area contributed by atoms with E-state index in [4.69, 9.17) is 17.3 Å². The molecule has 3 N–H and O–H groups in total. The second kappa shape index (κ2) is 5.87. The number of nitrogens with two attached hydrogens (primary N) is 1. The molecule has 4 nitrogen and oxygen atoms in total. The predicted octanol–water partition coefficient (Wildman–Crippen LogP) is 3.01. The van der Waals surface area contributed by atoms with Gasteiger partial charge < -0.3 is 5.73 Å². The number of halogens is 4. The van der Waals surface area contributed by atoms with Crippen molar-refractivity contribution in [1.82, 2.24) is 0 Å². The zero-order chi connectivity index (χ0) is 14.7. The fourth-order valence-electron chi connectivity index (χ4n) is 1.31. The normalized spacial score (nSPS) is 12.4. The lowest BCUT2D eigenvalue weighted by Gasteiger charge is -2.11. The molecule has 0 spiro atoms. The third kappa shape index (κ3) is 6.02. The van der Waals surface area contributed by atoms with Crippen molar-refractivity contribution in [3.63, 3.8) is 0 Å². The van der Waals surface area contributed by atoms with Crippen molar-refractivity contribution in [2.45, 2.75) is 19.0 Å². The first-order valence-electron chi connectivity index (χ1n) is 5.21. The molecule has 0 fully saturated rings. The van der Waals surface area contributed by atoms with Crippen molar-refractivity contribution in [2.24, 2.45) is 0 Å². The summed E-state index contributed by atoms with van der Waals surface area (Å²) in [7, 11) is -3.87. The Kier molecular flexibility index (Phi) is 4.92. The van der Waals surface area contributed by atoms with Crippen LogP contribution in [0.1, 0.15) is 12.8 Å².